The molecular weight excluding hydrogens is 206 g/mol. The summed E-state index contributed by atoms with van der Waals surface area (Å²) < 4.78 is 5.14. The van der Waals surface area contributed by atoms with E-state index in [9.17, 15) is 0 Å². The van der Waals surface area contributed by atoms with E-state index in [0.29, 0.717) is 0 Å². The van der Waals surface area contributed by atoms with Crippen molar-refractivity contribution in [2.24, 2.45) is 0 Å². The lowest BCUT2D eigenvalue weighted by Gasteiger charge is -2.02. The lowest BCUT2D eigenvalue weighted by atomic mass is 10.2. The summed E-state index contributed by atoms with van der Waals surface area (Å²) in [5.41, 5.74) is 0. The van der Waals surface area contributed by atoms with E-state index in [-0.39, 0.29) is 0 Å². The Morgan fingerprint density at radius 3 is 2.80 bits per heavy atom. The molecule has 1 aromatic heterocycles. The predicted octanol–water partition coefficient (Wildman–Crippen LogP) is 3.43. The Morgan fingerprint density at radius 2 is 2.13 bits per heavy atom. The van der Waals surface area contributed by atoms with Gasteiger partial charge in [-0.1, -0.05) is 26.2 Å². The average molecular weight is 227 g/mol. The first-order chi connectivity index (χ1) is 7.36. The van der Waals surface area contributed by atoms with Crippen molar-refractivity contribution in [1.82, 2.24) is 5.32 Å². The van der Waals surface area contributed by atoms with Gasteiger partial charge in [-0.2, -0.15) is 0 Å². The van der Waals surface area contributed by atoms with Crippen LogP contribution in [0.25, 0.3) is 0 Å². The molecule has 1 aromatic rings. The fourth-order valence-electron chi connectivity index (χ4n) is 1.45. The fraction of sp³-hybridized carbons (Fsp3) is 0.667. The first-order valence-electron chi connectivity index (χ1n) is 5.70. The van der Waals surface area contributed by atoms with Crippen LogP contribution in [0.4, 0.5) is 0 Å². The van der Waals surface area contributed by atoms with Gasteiger partial charge in [0.1, 0.15) is 0 Å². The highest BCUT2D eigenvalue weighted by Gasteiger charge is 1.98. The minimum atomic E-state index is 0.972. The minimum Gasteiger partial charge on any atom is -0.487 e. The molecular formula is C12H21NOS. The molecule has 1 N–H and O–H groups in total. The summed E-state index contributed by atoms with van der Waals surface area (Å²) in [4.78, 5) is 1.35. The van der Waals surface area contributed by atoms with Gasteiger partial charge < -0.3 is 10.1 Å². The molecule has 0 bridgehead atoms. The molecule has 3 heteroatoms. The quantitative estimate of drug-likeness (QED) is 0.687. The second-order valence-electron chi connectivity index (χ2n) is 3.66. The molecule has 0 atom stereocenters. The van der Waals surface area contributed by atoms with Crippen LogP contribution in [0.3, 0.4) is 0 Å². The molecule has 1 rings (SSSR count). The number of methoxy groups -OCH3 is 1. The maximum atomic E-state index is 5.14. The molecule has 0 unspecified atom stereocenters. The predicted molar refractivity (Wildman–Crippen MR) is 66.7 cm³/mol. The Kier molecular flexibility index (Phi) is 6.44. The number of nitrogens with one attached hydrogen (secondary N) is 1. The van der Waals surface area contributed by atoms with Crippen LogP contribution in [0, 0.1) is 0 Å². The van der Waals surface area contributed by atoms with Gasteiger partial charge in [-0.05, 0) is 25.1 Å². The summed E-state index contributed by atoms with van der Waals surface area (Å²) in [7, 11) is 1.72. The van der Waals surface area contributed by atoms with Gasteiger partial charge in [-0.3, -0.25) is 0 Å². The molecule has 0 fully saturated rings. The third-order valence-corrected chi connectivity index (χ3v) is 3.39. The van der Waals surface area contributed by atoms with Crippen LogP contribution in [-0.2, 0) is 6.54 Å². The zero-order chi connectivity index (χ0) is 10.9. The number of rotatable bonds is 8. The van der Waals surface area contributed by atoms with Gasteiger partial charge >= 0.3 is 0 Å². The topological polar surface area (TPSA) is 21.3 Å². The number of unbranched alkanes of at least 4 members (excludes halogenated alkanes) is 3. The second-order valence-corrected chi connectivity index (χ2v) is 4.79. The summed E-state index contributed by atoms with van der Waals surface area (Å²) >= 11 is 1.72. The lowest BCUT2D eigenvalue weighted by Crippen LogP contribution is -2.13. The second kappa shape index (κ2) is 7.71. The van der Waals surface area contributed by atoms with Gasteiger partial charge in [0.15, 0.2) is 5.06 Å². The zero-order valence-corrected chi connectivity index (χ0v) is 10.5. The standard InChI is InChI=1S/C12H21NOS/c1-3-4-5-6-9-13-10-11-7-8-12(14-2)15-11/h7-8,13H,3-6,9-10H2,1-2H3. The van der Waals surface area contributed by atoms with Gasteiger partial charge in [0.25, 0.3) is 0 Å². The summed E-state index contributed by atoms with van der Waals surface area (Å²) in [5.74, 6) is 0. The molecule has 0 aliphatic carbocycles. The molecule has 0 aliphatic heterocycles. The maximum absolute atomic E-state index is 5.14. The molecule has 0 aliphatic rings. The first-order valence-corrected chi connectivity index (χ1v) is 6.52. The monoisotopic (exact) mass is 227 g/mol. The number of ether oxygens (including phenoxy) is 1. The molecule has 0 amide bonds. The third-order valence-electron chi connectivity index (χ3n) is 2.34. The summed E-state index contributed by atoms with van der Waals surface area (Å²) in [6, 6.07) is 4.15. The molecule has 0 aromatic carbocycles. The smallest absolute Gasteiger partial charge is 0.173 e. The van der Waals surface area contributed by atoms with E-state index in [0.717, 1.165) is 18.2 Å². The largest absolute Gasteiger partial charge is 0.487 e. The lowest BCUT2D eigenvalue weighted by molar-refractivity contribution is 0.427. The SMILES string of the molecule is CCCCCCNCc1ccc(OC)s1. The molecule has 2 nitrogen and oxygen atoms in total. The van der Waals surface area contributed by atoms with Crippen LogP contribution in [0.1, 0.15) is 37.5 Å². The van der Waals surface area contributed by atoms with Crippen molar-refractivity contribution in [2.75, 3.05) is 13.7 Å². The number of hydrogen-bond donors (Lipinski definition) is 1. The van der Waals surface area contributed by atoms with Crippen molar-refractivity contribution < 1.29 is 4.74 Å². The van der Waals surface area contributed by atoms with Crippen LogP contribution in [-0.4, -0.2) is 13.7 Å². The van der Waals surface area contributed by atoms with Crippen molar-refractivity contribution in [2.45, 2.75) is 39.2 Å². The van der Waals surface area contributed by atoms with Gasteiger partial charge in [0.05, 0.1) is 7.11 Å². The number of hydrogen-bond acceptors (Lipinski definition) is 3. The highest BCUT2D eigenvalue weighted by Crippen LogP contribution is 2.23. The Hall–Kier alpha value is -0.540. The van der Waals surface area contributed by atoms with Crippen molar-refractivity contribution >= 4 is 11.3 Å². The Morgan fingerprint density at radius 1 is 1.27 bits per heavy atom. The van der Waals surface area contributed by atoms with Crippen LogP contribution in [0.15, 0.2) is 12.1 Å². The Balaban J connectivity index is 2.04. The molecule has 86 valence electrons. The third kappa shape index (κ3) is 5.19. The summed E-state index contributed by atoms with van der Waals surface area (Å²) in [6.45, 7) is 4.34. The molecule has 1 heterocycles. The van der Waals surface area contributed by atoms with E-state index in [4.69, 9.17) is 4.74 Å². The van der Waals surface area contributed by atoms with Crippen LogP contribution in [0.2, 0.25) is 0 Å². The van der Waals surface area contributed by atoms with Crippen molar-refractivity contribution in [3.8, 4) is 5.06 Å². The summed E-state index contributed by atoms with van der Waals surface area (Å²) in [6.07, 6.45) is 5.30. The highest BCUT2D eigenvalue weighted by atomic mass is 32.1. The van der Waals surface area contributed by atoms with Crippen molar-refractivity contribution in [3.05, 3.63) is 17.0 Å². The number of thiophene rings is 1. The van der Waals surface area contributed by atoms with Crippen molar-refractivity contribution in [1.29, 1.82) is 0 Å². The van der Waals surface area contributed by atoms with Gasteiger partial charge in [-0.15, -0.1) is 11.3 Å². The van der Waals surface area contributed by atoms with Crippen molar-refractivity contribution in [3.63, 3.8) is 0 Å². The molecule has 0 saturated carbocycles. The fourth-order valence-corrected chi connectivity index (χ4v) is 2.24. The van der Waals surface area contributed by atoms with Gasteiger partial charge in [-0.25, -0.2) is 0 Å². The molecule has 0 saturated heterocycles. The molecule has 0 radical (unpaired) electrons. The van der Waals surface area contributed by atoms with E-state index in [1.54, 1.807) is 18.4 Å². The van der Waals surface area contributed by atoms with Crippen LogP contribution < -0.4 is 10.1 Å². The molecule has 15 heavy (non-hydrogen) atoms. The Bertz CT molecular complexity index is 260. The van der Waals surface area contributed by atoms with E-state index >= 15 is 0 Å². The van der Waals surface area contributed by atoms with Crippen LogP contribution >= 0.6 is 11.3 Å². The highest BCUT2D eigenvalue weighted by molar-refractivity contribution is 7.13. The van der Waals surface area contributed by atoms with E-state index < -0.39 is 0 Å². The minimum absolute atomic E-state index is 0.972. The van der Waals surface area contributed by atoms with Gasteiger partial charge in [0.2, 0.25) is 0 Å². The van der Waals surface area contributed by atoms with Gasteiger partial charge in [0, 0.05) is 11.4 Å². The van der Waals surface area contributed by atoms with E-state index in [2.05, 4.69) is 18.3 Å². The maximum Gasteiger partial charge on any atom is 0.173 e. The first kappa shape index (κ1) is 12.5. The Labute approximate surface area is 96.7 Å². The average Bonchev–Trinajstić information content (AvgIpc) is 2.71. The molecule has 0 spiro atoms. The van der Waals surface area contributed by atoms with Crippen LogP contribution in [0.5, 0.6) is 5.06 Å². The summed E-state index contributed by atoms with van der Waals surface area (Å²) in [5, 5.41) is 4.45. The zero-order valence-electron chi connectivity index (χ0n) is 9.71. The normalized spacial score (nSPS) is 10.5. The van der Waals surface area contributed by atoms with E-state index in [1.807, 2.05) is 6.07 Å². The van der Waals surface area contributed by atoms with E-state index in [1.165, 1.54) is 30.6 Å².